The summed E-state index contributed by atoms with van der Waals surface area (Å²) in [4.78, 5) is 16.0. The van der Waals surface area contributed by atoms with Gasteiger partial charge < -0.3 is 14.7 Å². The van der Waals surface area contributed by atoms with Gasteiger partial charge in [-0.15, -0.1) is 0 Å². The fourth-order valence-corrected chi connectivity index (χ4v) is 2.99. The highest BCUT2D eigenvalue weighted by Crippen LogP contribution is 2.28. The number of ether oxygens (including phenoxy) is 1. The van der Waals surface area contributed by atoms with Gasteiger partial charge in [-0.2, -0.15) is 0 Å². The number of hydrogen-bond donors (Lipinski definition) is 1. The number of methoxy groups -OCH3 is 1. The summed E-state index contributed by atoms with van der Waals surface area (Å²) in [6.07, 6.45) is 0. The Morgan fingerprint density at radius 1 is 1.35 bits per heavy atom. The first-order valence-electron chi connectivity index (χ1n) is 6.61. The number of aliphatic hydroxyl groups excluding tert-OH is 1. The van der Waals surface area contributed by atoms with Crippen LogP contribution in [0.5, 0.6) is 0 Å². The molecule has 0 radical (unpaired) electrons. The van der Waals surface area contributed by atoms with Gasteiger partial charge in [0.2, 0.25) is 0 Å². The SMILES string of the molecule is COC(=O)c1ccc(N2CCN(CCO)CC2)c(Br)c1. The predicted molar refractivity (Wildman–Crippen MR) is 81.2 cm³/mol. The van der Waals surface area contributed by atoms with Crippen LogP contribution < -0.4 is 4.90 Å². The van der Waals surface area contributed by atoms with Crippen molar-refractivity contribution in [1.82, 2.24) is 4.90 Å². The van der Waals surface area contributed by atoms with Crippen LogP contribution in [0.15, 0.2) is 22.7 Å². The number of anilines is 1. The predicted octanol–water partition coefficient (Wildman–Crippen LogP) is 1.35. The van der Waals surface area contributed by atoms with Crippen LogP contribution in [-0.4, -0.2) is 62.4 Å². The van der Waals surface area contributed by atoms with Crippen molar-refractivity contribution >= 4 is 27.6 Å². The van der Waals surface area contributed by atoms with Gasteiger partial charge in [0.05, 0.1) is 25.0 Å². The number of piperazine rings is 1. The van der Waals surface area contributed by atoms with E-state index in [1.165, 1.54) is 7.11 Å². The molecule has 1 aliphatic heterocycles. The summed E-state index contributed by atoms with van der Waals surface area (Å²) in [5.41, 5.74) is 1.63. The van der Waals surface area contributed by atoms with Gasteiger partial charge in [0, 0.05) is 37.2 Å². The molecule has 0 unspecified atom stereocenters. The number of halogens is 1. The lowest BCUT2D eigenvalue weighted by atomic mass is 10.2. The number of rotatable bonds is 4. The smallest absolute Gasteiger partial charge is 0.337 e. The monoisotopic (exact) mass is 342 g/mol. The van der Waals surface area contributed by atoms with Crippen molar-refractivity contribution in [3.8, 4) is 0 Å². The van der Waals surface area contributed by atoms with Gasteiger partial charge in [0.15, 0.2) is 0 Å². The van der Waals surface area contributed by atoms with Crippen LogP contribution >= 0.6 is 15.9 Å². The lowest BCUT2D eigenvalue weighted by molar-refractivity contribution is 0.0600. The summed E-state index contributed by atoms with van der Waals surface area (Å²) in [5, 5.41) is 8.94. The molecule has 0 amide bonds. The molecule has 0 aliphatic carbocycles. The zero-order valence-electron chi connectivity index (χ0n) is 11.5. The highest BCUT2D eigenvalue weighted by Gasteiger charge is 2.19. The Balaban J connectivity index is 2.05. The Hall–Kier alpha value is -1.11. The molecule has 1 aromatic rings. The molecule has 1 heterocycles. The molecule has 1 aliphatic rings. The Bertz CT molecular complexity index is 473. The van der Waals surface area contributed by atoms with Crippen LogP contribution in [0.4, 0.5) is 5.69 Å². The molecule has 6 heteroatoms. The van der Waals surface area contributed by atoms with Gasteiger partial charge in [-0.25, -0.2) is 4.79 Å². The summed E-state index contributed by atoms with van der Waals surface area (Å²) >= 11 is 3.52. The van der Waals surface area contributed by atoms with Crippen molar-refractivity contribution in [2.24, 2.45) is 0 Å². The molecule has 20 heavy (non-hydrogen) atoms. The topological polar surface area (TPSA) is 53.0 Å². The van der Waals surface area contributed by atoms with Crippen molar-refractivity contribution in [1.29, 1.82) is 0 Å². The van der Waals surface area contributed by atoms with E-state index in [0.717, 1.165) is 42.9 Å². The molecule has 2 rings (SSSR count). The molecule has 1 aromatic carbocycles. The van der Waals surface area contributed by atoms with E-state index in [2.05, 4.69) is 25.7 Å². The second-order valence-electron chi connectivity index (χ2n) is 4.71. The van der Waals surface area contributed by atoms with E-state index < -0.39 is 0 Å². The minimum absolute atomic E-state index is 0.206. The Kier molecular flexibility index (Phi) is 5.39. The molecule has 5 nitrogen and oxygen atoms in total. The third-order valence-electron chi connectivity index (χ3n) is 3.50. The van der Waals surface area contributed by atoms with Crippen LogP contribution in [-0.2, 0) is 4.74 Å². The van der Waals surface area contributed by atoms with E-state index >= 15 is 0 Å². The number of β-amino-alcohol motifs (C(OH)–C–C–N with tert-alkyl or cyclic N) is 1. The van der Waals surface area contributed by atoms with Gasteiger partial charge in [-0.05, 0) is 34.1 Å². The second kappa shape index (κ2) is 7.06. The van der Waals surface area contributed by atoms with Crippen molar-refractivity contribution in [2.75, 3.05) is 51.3 Å². The standard InChI is InChI=1S/C14H19BrN2O3/c1-20-14(19)11-2-3-13(12(15)10-11)17-6-4-16(5-7-17)8-9-18/h2-3,10,18H,4-9H2,1H3. The summed E-state index contributed by atoms with van der Waals surface area (Å²) in [7, 11) is 1.38. The number of benzene rings is 1. The van der Waals surface area contributed by atoms with Crippen molar-refractivity contribution in [3.63, 3.8) is 0 Å². The molecule has 0 spiro atoms. The van der Waals surface area contributed by atoms with Crippen LogP contribution in [0, 0.1) is 0 Å². The van der Waals surface area contributed by atoms with Crippen molar-refractivity contribution in [3.05, 3.63) is 28.2 Å². The number of carbonyl (C=O) groups excluding carboxylic acids is 1. The molecule has 1 saturated heterocycles. The molecule has 0 saturated carbocycles. The fourth-order valence-electron chi connectivity index (χ4n) is 2.36. The molecule has 1 N–H and O–H groups in total. The number of carbonyl (C=O) groups is 1. The van der Waals surface area contributed by atoms with Crippen LogP contribution in [0.1, 0.15) is 10.4 Å². The average molecular weight is 343 g/mol. The first-order valence-corrected chi connectivity index (χ1v) is 7.41. The Morgan fingerprint density at radius 2 is 2.05 bits per heavy atom. The van der Waals surface area contributed by atoms with E-state index in [9.17, 15) is 4.79 Å². The van der Waals surface area contributed by atoms with E-state index in [0.29, 0.717) is 5.56 Å². The van der Waals surface area contributed by atoms with E-state index in [4.69, 9.17) is 9.84 Å². The summed E-state index contributed by atoms with van der Waals surface area (Å²) in [6, 6.07) is 5.52. The molecular weight excluding hydrogens is 324 g/mol. The third-order valence-corrected chi connectivity index (χ3v) is 4.13. The normalized spacial score (nSPS) is 16.2. The van der Waals surface area contributed by atoms with Gasteiger partial charge in [-0.3, -0.25) is 4.90 Å². The van der Waals surface area contributed by atoms with Gasteiger partial charge in [0.1, 0.15) is 0 Å². The van der Waals surface area contributed by atoms with Gasteiger partial charge in [0.25, 0.3) is 0 Å². The average Bonchev–Trinajstić information content (AvgIpc) is 2.47. The summed E-state index contributed by atoms with van der Waals surface area (Å²) < 4.78 is 5.61. The first kappa shape index (κ1) is 15.3. The zero-order chi connectivity index (χ0) is 14.5. The fraction of sp³-hybridized carbons (Fsp3) is 0.500. The largest absolute Gasteiger partial charge is 0.465 e. The zero-order valence-corrected chi connectivity index (χ0v) is 13.1. The van der Waals surface area contributed by atoms with E-state index in [-0.39, 0.29) is 12.6 Å². The van der Waals surface area contributed by atoms with E-state index in [1.807, 2.05) is 6.07 Å². The number of hydrogen-bond acceptors (Lipinski definition) is 5. The first-order chi connectivity index (χ1) is 9.65. The third kappa shape index (κ3) is 3.50. The highest BCUT2D eigenvalue weighted by atomic mass is 79.9. The van der Waals surface area contributed by atoms with E-state index in [1.54, 1.807) is 12.1 Å². The minimum Gasteiger partial charge on any atom is -0.465 e. The van der Waals surface area contributed by atoms with Crippen molar-refractivity contribution in [2.45, 2.75) is 0 Å². The highest BCUT2D eigenvalue weighted by molar-refractivity contribution is 9.10. The van der Waals surface area contributed by atoms with Gasteiger partial charge in [-0.1, -0.05) is 0 Å². The maximum absolute atomic E-state index is 11.5. The number of esters is 1. The molecule has 110 valence electrons. The Labute approximate surface area is 127 Å². The van der Waals surface area contributed by atoms with Gasteiger partial charge >= 0.3 is 5.97 Å². The molecule has 0 aromatic heterocycles. The molecule has 1 fully saturated rings. The number of nitrogens with zero attached hydrogens (tertiary/aromatic N) is 2. The molecular formula is C14H19BrN2O3. The summed E-state index contributed by atoms with van der Waals surface area (Å²) in [5.74, 6) is -0.329. The lowest BCUT2D eigenvalue weighted by Crippen LogP contribution is -2.47. The van der Waals surface area contributed by atoms with Crippen LogP contribution in [0.3, 0.4) is 0 Å². The Morgan fingerprint density at radius 3 is 2.60 bits per heavy atom. The quantitative estimate of drug-likeness (QED) is 0.837. The second-order valence-corrected chi connectivity index (χ2v) is 5.56. The number of aliphatic hydroxyl groups is 1. The van der Waals surface area contributed by atoms with Crippen molar-refractivity contribution < 1.29 is 14.6 Å². The maximum Gasteiger partial charge on any atom is 0.337 e. The lowest BCUT2D eigenvalue weighted by Gasteiger charge is -2.36. The minimum atomic E-state index is -0.329. The van der Waals surface area contributed by atoms with Crippen LogP contribution in [0.25, 0.3) is 0 Å². The summed E-state index contributed by atoms with van der Waals surface area (Å²) in [6.45, 7) is 4.64. The van der Waals surface area contributed by atoms with Crippen LogP contribution in [0.2, 0.25) is 0 Å². The molecule has 0 atom stereocenters. The maximum atomic E-state index is 11.5. The molecule has 0 bridgehead atoms.